The number of halogens is 1. The van der Waals surface area contributed by atoms with Crippen LogP contribution >= 0.6 is 15.9 Å². The number of benzene rings is 1. The van der Waals surface area contributed by atoms with E-state index in [9.17, 15) is 9.59 Å². The first-order valence-corrected chi connectivity index (χ1v) is 8.09. The van der Waals surface area contributed by atoms with E-state index in [1.165, 1.54) is 0 Å². The van der Waals surface area contributed by atoms with Crippen LogP contribution in [0.1, 0.15) is 24.3 Å². The van der Waals surface area contributed by atoms with E-state index in [0.717, 1.165) is 10.2 Å². The largest absolute Gasteiger partial charge is 0.352 e. The number of amides is 2. The van der Waals surface area contributed by atoms with E-state index in [1.54, 1.807) is 35.8 Å². The van der Waals surface area contributed by atoms with Crippen molar-refractivity contribution >= 4 is 27.7 Å². The average molecular weight is 377 g/mol. The summed E-state index contributed by atoms with van der Waals surface area (Å²) in [5.41, 5.74) is 0.364. The van der Waals surface area contributed by atoms with Gasteiger partial charge in [-0.15, -0.1) is 0 Å². The Hall–Kier alpha value is -2.15. The maximum Gasteiger partial charge on any atom is 0.274 e. The topological polar surface area (TPSA) is 67.2 Å². The molecule has 1 saturated heterocycles. The maximum absolute atomic E-state index is 12.7. The molecule has 2 heterocycles. The van der Waals surface area contributed by atoms with Crippen molar-refractivity contribution in [1.82, 2.24) is 19.8 Å². The molecule has 0 bridgehead atoms. The van der Waals surface area contributed by atoms with Crippen molar-refractivity contribution in [2.75, 3.05) is 13.1 Å². The number of rotatable bonds is 2. The van der Waals surface area contributed by atoms with Gasteiger partial charge in [0.15, 0.2) is 0 Å². The third-order valence-corrected chi connectivity index (χ3v) is 4.55. The fraction of sp³-hybridized carbons (Fsp3) is 0.312. The molecule has 0 aliphatic carbocycles. The first kappa shape index (κ1) is 15.7. The summed E-state index contributed by atoms with van der Waals surface area (Å²) in [7, 11) is 0. The number of aromatic nitrogens is 2. The molecule has 2 aromatic rings. The summed E-state index contributed by atoms with van der Waals surface area (Å²) in [6.45, 7) is 4.42. The van der Waals surface area contributed by atoms with Crippen LogP contribution in [0, 0.1) is 0 Å². The van der Waals surface area contributed by atoms with E-state index in [-0.39, 0.29) is 11.8 Å². The maximum atomic E-state index is 12.7. The van der Waals surface area contributed by atoms with E-state index in [0.29, 0.717) is 18.8 Å². The summed E-state index contributed by atoms with van der Waals surface area (Å²) in [5.74, 6) is -0.384. The second-order valence-corrected chi connectivity index (χ2v) is 6.83. The minimum Gasteiger partial charge on any atom is -0.352 e. The Morgan fingerprint density at radius 1 is 1.30 bits per heavy atom. The van der Waals surface area contributed by atoms with Crippen molar-refractivity contribution in [1.29, 1.82) is 0 Å². The number of carbonyl (C=O) groups excluding carboxylic acids is 2. The normalized spacial score (nSPS) is 17.0. The van der Waals surface area contributed by atoms with Crippen LogP contribution in [0.5, 0.6) is 0 Å². The highest BCUT2D eigenvalue weighted by Crippen LogP contribution is 2.21. The standard InChI is InChI=1S/C16H17BrN4O2/c1-16(2)15(23)18-7-8-21(16)14(22)13-9-20(10-19-13)12-5-3-11(17)4-6-12/h3-6,9-10H,7-8H2,1-2H3,(H,18,23). The minimum atomic E-state index is -0.878. The molecule has 2 amide bonds. The molecular weight excluding hydrogens is 360 g/mol. The lowest BCUT2D eigenvalue weighted by Gasteiger charge is -2.40. The molecular formula is C16H17BrN4O2. The Kier molecular flexibility index (Phi) is 3.97. The SMILES string of the molecule is CC1(C)C(=O)NCCN1C(=O)c1cn(-c2ccc(Br)cc2)cn1. The molecule has 1 N–H and O–H groups in total. The lowest BCUT2D eigenvalue weighted by Crippen LogP contribution is -2.63. The van der Waals surface area contributed by atoms with E-state index >= 15 is 0 Å². The van der Waals surface area contributed by atoms with Gasteiger partial charge in [0, 0.05) is 29.4 Å². The van der Waals surface area contributed by atoms with Gasteiger partial charge in [-0.1, -0.05) is 15.9 Å². The molecule has 23 heavy (non-hydrogen) atoms. The third-order valence-electron chi connectivity index (χ3n) is 4.02. The van der Waals surface area contributed by atoms with Crippen molar-refractivity contribution in [3.8, 4) is 5.69 Å². The highest BCUT2D eigenvalue weighted by atomic mass is 79.9. The number of nitrogens with zero attached hydrogens (tertiary/aromatic N) is 3. The van der Waals surface area contributed by atoms with Gasteiger partial charge in [0.25, 0.3) is 5.91 Å². The summed E-state index contributed by atoms with van der Waals surface area (Å²) < 4.78 is 2.77. The van der Waals surface area contributed by atoms with Crippen LogP contribution in [-0.2, 0) is 4.79 Å². The predicted octanol–water partition coefficient (Wildman–Crippen LogP) is 1.99. The van der Waals surface area contributed by atoms with Crippen LogP contribution in [0.2, 0.25) is 0 Å². The molecule has 0 saturated carbocycles. The predicted molar refractivity (Wildman–Crippen MR) is 89.4 cm³/mol. The van der Waals surface area contributed by atoms with Crippen molar-refractivity contribution in [2.24, 2.45) is 0 Å². The van der Waals surface area contributed by atoms with E-state index in [1.807, 2.05) is 24.3 Å². The average Bonchev–Trinajstić information content (AvgIpc) is 3.00. The zero-order valence-corrected chi connectivity index (χ0v) is 14.5. The molecule has 120 valence electrons. The summed E-state index contributed by atoms with van der Waals surface area (Å²) in [6.07, 6.45) is 3.29. The molecule has 1 aliphatic rings. The third kappa shape index (κ3) is 2.88. The van der Waals surface area contributed by atoms with E-state index < -0.39 is 5.54 Å². The molecule has 0 atom stereocenters. The van der Waals surface area contributed by atoms with Crippen molar-refractivity contribution in [3.63, 3.8) is 0 Å². The zero-order chi connectivity index (χ0) is 16.6. The molecule has 0 unspecified atom stereocenters. The van der Waals surface area contributed by atoms with Gasteiger partial charge < -0.3 is 14.8 Å². The zero-order valence-electron chi connectivity index (χ0n) is 12.9. The van der Waals surface area contributed by atoms with Crippen LogP contribution < -0.4 is 5.32 Å². The quantitative estimate of drug-likeness (QED) is 0.871. The molecule has 1 aliphatic heterocycles. The van der Waals surface area contributed by atoms with Crippen LogP contribution in [0.15, 0.2) is 41.3 Å². The van der Waals surface area contributed by atoms with Gasteiger partial charge in [-0.2, -0.15) is 0 Å². The summed E-state index contributed by atoms with van der Waals surface area (Å²) in [6, 6.07) is 7.71. The number of carbonyl (C=O) groups is 2. The van der Waals surface area contributed by atoms with Crippen LogP contribution in [0.3, 0.4) is 0 Å². The first-order valence-electron chi connectivity index (χ1n) is 7.30. The number of nitrogens with one attached hydrogen (secondary N) is 1. The number of hydrogen-bond acceptors (Lipinski definition) is 3. The molecule has 1 aromatic carbocycles. The van der Waals surface area contributed by atoms with E-state index in [4.69, 9.17) is 0 Å². The van der Waals surface area contributed by atoms with Gasteiger partial charge in [-0.3, -0.25) is 9.59 Å². The van der Waals surface area contributed by atoms with Crippen molar-refractivity contribution in [3.05, 3.63) is 47.0 Å². The molecule has 0 spiro atoms. The molecule has 6 nitrogen and oxygen atoms in total. The molecule has 0 radical (unpaired) electrons. The molecule has 1 fully saturated rings. The van der Waals surface area contributed by atoms with Crippen LogP contribution in [0.4, 0.5) is 0 Å². The Balaban J connectivity index is 1.86. The Bertz CT molecular complexity index is 752. The lowest BCUT2D eigenvalue weighted by molar-refractivity contribution is -0.133. The second-order valence-electron chi connectivity index (χ2n) is 5.91. The minimum absolute atomic E-state index is 0.149. The number of piperazine rings is 1. The van der Waals surface area contributed by atoms with Crippen LogP contribution in [-0.4, -0.2) is 44.9 Å². The van der Waals surface area contributed by atoms with Gasteiger partial charge in [0.2, 0.25) is 5.91 Å². The van der Waals surface area contributed by atoms with Gasteiger partial charge in [0.05, 0.1) is 0 Å². The number of imidazole rings is 1. The molecule has 3 rings (SSSR count). The highest BCUT2D eigenvalue weighted by Gasteiger charge is 2.41. The van der Waals surface area contributed by atoms with Crippen molar-refractivity contribution in [2.45, 2.75) is 19.4 Å². The number of hydrogen-bond donors (Lipinski definition) is 1. The van der Waals surface area contributed by atoms with Gasteiger partial charge in [-0.05, 0) is 38.1 Å². The Labute approximate surface area is 142 Å². The monoisotopic (exact) mass is 376 g/mol. The summed E-state index contributed by atoms with van der Waals surface area (Å²) in [5, 5.41) is 2.78. The molecule has 7 heteroatoms. The Morgan fingerprint density at radius 3 is 2.70 bits per heavy atom. The van der Waals surface area contributed by atoms with Gasteiger partial charge >= 0.3 is 0 Å². The lowest BCUT2D eigenvalue weighted by atomic mass is 9.98. The fourth-order valence-corrected chi connectivity index (χ4v) is 2.85. The molecule has 1 aromatic heterocycles. The Morgan fingerprint density at radius 2 is 2.00 bits per heavy atom. The van der Waals surface area contributed by atoms with Crippen LogP contribution in [0.25, 0.3) is 5.69 Å². The summed E-state index contributed by atoms with van der Waals surface area (Å²) >= 11 is 3.39. The fourth-order valence-electron chi connectivity index (χ4n) is 2.58. The second kappa shape index (κ2) is 5.81. The van der Waals surface area contributed by atoms with Crippen molar-refractivity contribution < 1.29 is 9.59 Å². The highest BCUT2D eigenvalue weighted by molar-refractivity contribution is 9.10. The van der Waals surface area contributed by atoms with E-state index in [2.05, 4.69) is 26.2 Å². The first-order chi connectivity index (χ1) is 10.9. The van der Waals surface area contributed by atoms with Gasteiger partial charge in [0.1, 0.15) is 17.6 Å². The summed E-state index contributed by atoms with van der Waals surface area (Å²) in [4.78, 5) is 30.5. The van der Waals surface area contributed by atoms with Gasteiger partial charge in [-0.25, -0.2) is 4.98 Å². The smallest absolute Gasteiger partial charge is 0.274 e.